The smallest absolute Gasteiger partial charge is 0.133 e. The molecule has 1 fully saturated rings. The van der Waals surface area contributed by atoms with Crippen molar-refractivity contribution in [2.45, 2.75) is 39.3 Å². The van der Waals surface area contributed by atoms with E-state index in [2.05, 4.69) is 11.4 Å². The van der Waals surface area contributed by atoms with Crippen molar-refractivity contribution in [2.24, 2.45) is 0 Å². The second-order valence-electron chi connectivity index (χ2n) is 5.89. The molecule has 0 heterocycles. The first-order valence-electron chi connectivity index (χ1n) is 7.33. The molecule has 0 bridgehead atoms. The third-order valence-corrected chi connectivity index (χ3v) is 4.01. The van der Waals surface area contributed by atoms with Gasteiger partial charge in [-0.15, -0.1) is 0 Å². The zero-order valence-electron chi connectivity index (χ0n) is 12.3. The lowest BCUT2D eigenvalue weighted by molar-refractivity contribution is 0.579. The van der Waals surface area contributed by atoms with E-state index in [0.717, 1.165) is 29.3 Å². The molecule has 1 N–H and O–H groups in total. The van der Waals surface area contributed by atoms with Crippen molar-refractivity contribution in [3.63, 3.8) is 0 Å². The van der Waals surface area contributed by atoms with E-state index >= 15 is 0 Å². The molecule has 2 aromatic carbocycles. The second-order valence-corrected chi connectivity index (χ2v) is 5.89. The van der Waals surface area contributed by atoms with Gasteiger partial charge in [-0.1, -0.05) is 12.1 Å². The van der Waals surface area contributed by atoms with Crippen LogP contribution in [0.5, 0.6) is 0 Å². The summed E-state index contributed by atoms with van der Waals surface area (Å²) in [5.41, 5.74) is 3.90. The van der Waals surface area contributed by atoms with Crippen LogP contribution in [0.25, 0.3) is 11.1 Å². The van der Waals surface area contributed by atoms with E-state index in [-0.39, 0.29) is 0 Å². The predicted octanol–water partition coefficient (Wildman–Crippen LogP) is 4.50. The van der Waals surface area contributed by atoms with Gasteiger partial charge in [-0.25, -0.2) is 8.78 Å². The fraction of sp³-hybridized carbons (Fsp3) is 0.333. The Hall–Kier alpha value is -1.74. The third-order valence-electron chi connectivity index (χ3n) is 4.01. The molecule has 21 heavy (non-hydrogen) atoms. The molecular formula is C18H19F2N. The predicted molar refractivity (Wildman–Crippen MR) is 81.1 cm³/mol. The molecule has 0 aliphatic heterocycles. The summed E-state index contributed by atoms with van der Waals surface area (Å²) >= 11 is 0. The minimum Gasteiger partial charge on any atom is -0.310 e. The van der Waals surface area contributed by atoms with Crippen molar-refractivity contribution in [1.29, 1.82) is 0 Å². The van der Waals surface area contributed by atoms with Crippen LogP contribution >= 0.6 is 0 Å². The summed E-state index contributed by atoms with van der Waals surface area (Å²) in [6.45, 7) is 4.40. The Morgan fingerprint density at radius 2 is 1.71 bits per heavy atom. The van der Waals surface area contributed by atoms with E-state index < -0.39 is 11.6 Å². The topological polar surface area (TPSA) is 12.0 Å². The minimum absolute atomic E-state index is 0.465. The Kier molecular flexibility index (Phi) is 3.77. The zero-order chi connectivity index (χ0) is 15.0. The Balaban J connectivity index is 1.96. The molecule has 0 atom stereocenters. The van der Waals surface area contributed by atoms with E-state index in [1.807, 2.05) is 19.1 Å². The minimum atomic E-state index is -0.506. The fourth-order valence-electron chi connectivity index (χ4n) is 2.48. The van der Waals surface area contributed by atoms with Crippen molar-refractivity contribution >= 4 is 0 Å². The van der Waals surface area contributed by atoms with Gasteiger partial charge in [0.25, 0.3) is 0 Å². The number of aryl methyl sites for hydroxylation is 2. The van der Waals surface area contributed by atoms with Crippen LogP contribution in [0, 0.1) is 25.5 Å². The van der Waals surface area contributed by atoms with Gasteiger partial charge in [-0.05, 0) is 61.1 Å². The standard InChI is InChI=1S/C18H19F2N/c1-11-3-4-13(10-21-14-5-6-14)8-15(11)16-7-12(2)17(19)9-18(16)20/h3-4,7-9,14,21H,5-6,10H2,1-2H3. The van der Waals surface area contributed by atoms with Crippen LogP contribution in [0.15, 0.2) is 30.3 Å². The summed E-state index contributed by atoms with van der Waals surface area (Å²) in [6, 6.07) is 9.25. The van der Waals surface area contributed by atoms with E-state index in [1.165, 1.54) is 12.8 Å². The van der Waals surface area contributed by atoms with Crippen molar-refractivity contribution in [3.8, 4) is 11.1 Å². The number of nitrogens with one attached hydrogen (secondary N) is 1. The number of rotatable bonds is 4. The molecule has 1 aliphatic rings. The highest BCUT2D eigenvalue weighted by molar-refractivity contribution is 5.69. The van der Waals surface area contributed by atoms with Crippen LogP contribution in [-0.4, -0.2) is 6.04 Å². The van der Waals surface area contributed by atoms with E-state index in [9.17, 15) is 8.78 Å². The van der Waals surface area contributed by atoms with Crippen LogP contribution in [0.3, 0.4) is 0 Å². The zero-order valence-corrected chi connectivity index (χ0v) is 12.3. The molecule has 0 spiro atoms. The van der Waals surface area contributed by atoms with Crippen molar-refractivity contribution in [1.82, 2.24) is 5.32 Å². The van der Waals surface area contributed by atoms with E-state index in [1.54, 1.807) is 13.0 Å². The molecular weight excluding hydrogens is 268 g/mol. The SMILES string of the molecule is Cc1cc(-c2cc(CNC3CC3)ccc2C)c(F)cc1F. The number of hydrogen-bond acceptors (Lipinski definition) is 1. The van der Waals surface area contributed by atoms with Gasteiger partial charge >= 0.3 is 0 Å². The highest BCUT2D eigenvalue weighted by atomic mass is 19.1. The van der Waals surface area contributed by atoms with Gasteiger partial charge in [0.1, 0.15) is 11.6 Å². The summed E-state index contributed by atoms with van der Waals surface area (Å²) in [6.07, 6.45) is 2.48. The first kappa shape index (κ1) is 14.2. The molecule has 110 valence electrons. The molecule has 0 saturated heterocycles. The maximum atomic E-state index is 14.1. The van der Waals surface area contributed by atoms with Gasteiger partial charge in [0.2, 0.25) is 0 Å². The summed E-state index contributed by atoms with van der Waals surface area (Å²) in [5.74, 6) is -1.01. The largest absolute Gasteiger partial charge is 0.310 e. The third kappa shape index (κ3) is 3.13. The van der Waals surface area contributed by atoms with Gasteiger partial charge in [0.05, 0.1) is 0 Å². The second kappa shape index (κ2) is 5.57. The summed E-state index contributed by atoms with van der Waals surface area (Å²) in [5, 5.41) is 3.45. The number of halogens is 2. The highest BCUT2D eigenvalue weighted by Crippen LogP contribution is 2.29. The Morgan fingerprint density at radius 3 is 2.43 bits per heavy atom. The molecule has 0 radical (unpaired) electrons. The average Bonchev–Trinajstić information content (AvgIpc) is 3.26. The molecule has 0 aromatic heterocycles. The maximum absolute atomic E-state index is 14.1. The number of benzene rings is 2. The molecule has 1 nitrogen and oxygen atoms in total. The lowest BCUT2D eigenvalue weighted by Gasteiger charge is -2.12. The first-order chi connectivity index (χ1) is 10.0. The van der Waals surface area contributed by atoms with Crippen molar-refractivity contribution in [2.75, 3.05) is 0 Å². The van der Waals surface area contributed by atoms with Crippen LogP contribution in [0.1, 0.15) is 29.5 Å². The molecule has 3 rings (SSSR count). The van der Waals surface area contributed by atoms with Gasteiger partial charge < -0.3 is 5.32 Å². The quantitative estimate of drug-likeness (QED) is 0.873. The monoisotopic (exact) mass is 287 g/mol. The molecule has 0 unspecified atom stereocenters. The van der Waals surface area contributed by atoms with Gasteiger partial charge in [0, 0.05) is 24.2 Å². The summed E-state index contributed by atoms with van der Waals surface area (Å²) < 4.78 is 27.5. The van der Waals surface area contributed by atoms with Gasteiger partial charge in [-0.3, -0.25) is 0 Å². The lowest BCUT2D eigenvalue weighted by Crippen LogP contribution is -2.15. The normalized spacial score (nSPS) is 14.5. The van der Waals surface area contributed by atoms with Gasteiger partial charge in [0.15, 0.2) is 0 Å². The Labute approximate surface area is 124 Å². The first-order valence-corrected chi connectivity index (χ1v) is 7.33. The molecule has 2 aromatic rings. The lowest BCUT2D eigenvalue weighted by atomic mass is 9.96. The van der Waals surface area contributed by atoms with Crippen LogP contribution in [-0.2, 0) is 6.54 Å². The molecule has 1 saturated carbocycles. The summed E-state index contributed by atoms with van der Waals surface area (Å²) in [4.78, 5) is 0. The van der Waals surface area contributed by atoms with Crippen LogP contribution in [0.2, 0.25) is 0 Å². The van der Waals surface area contributed by atoms with Crippen molar-refractivity contribution in [3.05, 3.63) is 58.7 Å². The summed E-state index contributed by atoms with van der Waals surface area (Å²) in [7, 11) is 0. The molecule has 1 aliphatic carbocycles. The van der Waals surface area contributed by atoms with E-state index in [4.69, 9.17) is 0 Å². The van der Waals surface area contributed by atoms with Gasteiger partial charge in [-0.2, -0.15) is 0 Å². The Morgan fingerprint density at radius 1 is 0.952 bits per heavy atom. The maximum Gasteiger partial charge on any atom is 0.133 e. The van der Waals surface area contributed by atoms with Crippen LogP contribution < -0.4 is 5.32 Å². The fourth-order valence-corrected chi connectivity index (χ4v) is 2.48. The van der Waals surface area contributed by atoms with E-state index in [0.29, 0.717) is 17.2 Å². The Bertz CT molecular complexity index is 675. The molecule has 3 heteroatoms. The van der Waals surface area contributed by atoms with Crippen LogP contribution in [0.4, 0.5) is 8.78 Å². The van der Waals surface area contributed by atoms with Crippen molar-refractivity contribution < 1.29 is 8.78 Å². The average molecular weight is 287 g/mol. The highest BCUT2D eigenvalue weighted by Gasteiger charge is 2.20. The number of hydrogen-bond donors (Lipinski definition) is 1. The molecule has 0 amide bonds.